The van der Waals surface area contributed by atoms with Gasteiger partial charge in [0, 0.05) is 23.3 Å². The number of thiazole rings is 1. The largest absolute Gasteiger partial charge is 0.484 e. The summed E-state index contributed by atoms with van der Waals surface area (Å²) in [5.74, 6) is 0.493. The van der Waals surface area contributed by atoms with Gasteiger partial charge in [-0.3, -0.25) is 9.20 Å². The maximum absolute atomic E-state index is 12.4. The molecule has 2 aromatic carbocycles. The van der Waals surface area contributed by atoms with Crippen LogP contribution in [0.5, 0.6) is 5.75 Å². The maximum Gasteiger partial charge on any atom is 0.262 e. The Labute approximate surface area is 161 Å². The highest BCUT2D eigenvalue weighted by Crippen LogP contribution is 2.28. The molecule has 1 amide bonds. The first-order valence-corrected chi connectivity index (χ1v) is 9.49. The van der Waals surface area contributed by atoms with Gasteiger partial charge in [-0.05, 0) is 43.2 Å². The molecule has 0 aliphatic rings. The van der Waals surface area contributed by atoms with Gasteiger partial charge in [-0.2, -0.15) is 0 Å². The Morgan fingerprint density at radius 3 is 2.74 bits per heavy atom. The number of amides is 1. The highest BCUT2D eigenvalue weighted by Gasteiger charge is 2.12. The first-order valence-electron chi connectivity index (χ1n) is 8.61. The molecule has 0 aliphatic carbocycles. The van der Waals surface area contributed by atoms with Crippen LogP contribution in [0.4, 0.5) is 5.69 Å². The van der Waals surface area contributed by atoms with Gasteiger partial charge in [-0.25, -0.2) is 4.98 Å². The molecule has 6 heteroatoms. The Morgan fingerprint density at radius 2 is 1.96 bits per heavy atom. The van der Waals surface area contributed by atoms with Gasteiger partial charge in [0.05, 0.1) is 11.4 Å². The van der Waals surface area contributed by atoms with Crippen LogP contribution >= 0.6 is 11.3 Å². The number of nitrogens with one attached hydrogen (secondary N) is 1. The SMILES string of the molecule is Cc1cc(C)cc(OCC(=O)Nc2ccccc2-c2cn3ccsc3n2)c1. The predicted molar refractivity (Wildman–Crippen MR) is 109 cm³/mol. The highest BCUT2D eigenvalue weighted by atomic mass is 32.1. The van der Waals surface area contributed by atoms with E-state index in [2.05, 4.69) is 16.4 Å². The number of rotatable bonds is 5. The van der Waals surface area contributed by atoms with E-state index in [-0.39, 0.29) is 12.5 Å². The second-order valence-corrected chi connectivity index (χ2v) is 7.30. The van der Waals surface area contributed by atoms with Crippen molar-refractivity contribution in [2.75, 3.05) is 11.9 Å². The Kier molecular flexibility index (Phi) is 4.64. The number of para-hydroxylation sites is 1. The minimum Gasteiger partial charge on any atom is -0.484 e. The lowest BCUT2D eigenvalue weighted by Crippen LogP contribution is -2.20. The van der Waals surface area contributed by atoms with Crippen molar-refractivity contribution in [1.29, 1.82) is 0 Å². The standard InChI is InChI=1S/C21H19N3O2S/c1-14-9-15(2)11-16(10-14)26-13-20(25)22-18-6-4-3-5-17(18)19-12-24-7-8-27-21(24)23-19/h3-12H,13H2,1-2H3,(H,22,25). The number of hydrogen-bond donors (Lipinski definition) is 1. The molecule has 0 unspecified atom stereocenters. The van der Waals surface area contributed by atoms with Crippen LogP contribution in [0.2, 0.25) is 0 Å². The number of imidazole rings is 1. The molecule has 2 heterocycles. The number of carbonyl (C=O) groups is 1. The number of aromatic nitrogens is 2. The van der Waals surface area contributed by atoms with E-state index in [1.54, 1.807) is 11.3 Å². The normalized spacial score (nSPS) is 10.9. The molecular formula is C21H19N3O2S. The summed E-state index contributed by atoms with van der Waals surface area (Å²) >= 11 is 1.58. The number of fused-ring (bicyclic) bond motifs is 1. The van der Waals surface area contributed by atoms with Crippen molar-refractivity contribution in [3.8, 4) is 17.0 Å². The third-order valence-electron chi connectivity index (χ3n) is 4.14. The summed E-state index contributed by atoms with van der Waals surface area (Å²) in [6, 6.07) is 13.6. The molecule has 0 fully saturated rings. The van der Waals surface area contributed by atoms with Crippen LogP contribution in [0.3, 0.4) is 0 Å². The van der Waals surface area contributed by atoms with Gasteiger partial charge >= 0.3 is 0 Å². The molecule has 0 saturated heterocycles. The fourth-order valence-corrected chi connectivity index (χ4v) is 3.72. The third-order valence-corrected chi connectivity index (χ3v) is 4.91. The van der Waals surface area contributed by atoms with E-state index in [0.29, 0.717) is 5.75 Å². The van der Waals surface area contributed by atoms with E-state index < -0.39 is 0 Å². The average molecular weight is 377 g/mol. The Bertz CT molecular complexity index is 1060. The highest BCUT2D eigenvalue weighted by molar-refractivity contribution is 7.15. The van der Waals surface area contributed by atoms with Crippen molar-refractivity contribution in [3.05, 3.63) is 71.4 Å². The second kappa shape index (κ2) is 7.25. The van der Waals surface area contributed by atoms with Crippen molar-refractivity contribution in [3.63, 3.8) is 0 Å². The molecule has 0 spiro atoms. The summed E-state index contributed by atoms with van der Waals surface area (Å²) in [5, 5.41) is 4.93. The van der Waals surface area contributed by atoms with Crippen LogP contribution in [-0.2, 0) is 4.79 Å². The quantitative estimate of drug-likeness (QED) is 0.549. The summed E-state index contributed by atoms with van der Waals surface area (Å²) < 4.78 is 7.63. The minimum absolute atomic E-state index is 0.0461. The molecule has 4 aromatic rings. The van der Waals surface area contributed by atoms with Gasteiger partial charge < -0.3 is 10.1 Å². The summed E-state index contributed by atoms with van der Waals surface area (Å²) in [7, 11) is 0. The Balaban J connectivity index is 1.49. The van der Waals surface area contributed by atoms with Crippen molar-refractivity contribution < 1.29 is 9.53 Å². The number of aryl methyl sites for hydroxylation is 2. The molecule has 0 aliphatic heterocycles. The van der Waals surface area contributed by atoms with Crippen LogP contribution in [-0.4, -0.2) is 21.9 Å². The number of carbonyl (C=O) groups excluding carboxylic acids is 1. The molecule has 1 N–H and O–H groups in total. The van der Waals surface area contributed by atoms with Gasteiger partial charge in [0.2, 0.25) is 0 Å². The molecule has 27 heavy (non-hydrogen) atoms. The van der Waals surface area contributed by atoms with Gasteiger partial charge in [0.25, 0.3) is 5.91 Å². The first-order chi connectivity index (χ1) is 13.1. The van der Waals surface area contributed by atoms with E-state index in [9.17, 15) is 4.79 Å². The average Bonchev–Trinajstić information content (AvgIpc) is 3.21. The van der Waals surface area contributed by atoms with Crippen LogP contribution in [0.15, 0.2) is 60.2 Å². The zero-order valence-electron chi connectivity index (χ0n) is 15.1. The maximum atomic E-state index is 12.4. The number of nitrogens with zero attached hydrogens (tertiary/aromatic N) is 2. The Hall–Kier alpha value is -3.12. The lowest BCUT2D eigenvalue weighted by Gasteiger charge is -2.11. The number of hydrogen-bond acceptors (Lipinski definition) is 4. The van der Waals surface area contributed by atoms with Crippen molar-refractivity contribution in [2.24, 2.45) is 0 Å². The fraction of sp³-hybridized carbons (Fsp3) is 0.143. The van der Waals surface area contributed by atoms with E-state index in [4.69, 9.17) is 4.74 Å². The van der Waals surface area contributed by atoms with E-state index in [1.807, 2.05) is 72.4 Å². The van der Waals surface area contributed by atoms with E-state index in [1.165, 1.54) is 0 Å². The van der Waals surface area contributed by atoms with Gasteiger partial charge in [0.15, 0.2) is 11.6 Å². The predicted octanol–water partition coefficient (Wildman–Crippen LogP) is 4.70. The second-order valence-electron chi connectivity index (χ2n) is 6.42. The minimum atomic E-state index is -0.206. The molecule has 0 atom stereocenters. The number of benzene rings is 2. The Morgan fingerprint density at radius 1 is 1.19 bits per heavy atom. The van der Waals surface area contributed by atoms with E-state index in [0.717, 1.165) is 33.0 Å². The molecule has 136 valence electrons. The van der Waals surface area contributed by atoms with Crippen molar-refractivity contribution >= 4 is 27.9 Å². The van der Waals surface area contributed by atoms with Crippen LogP contribution in [0, 0.1) is 13.8 Å². The van der Waals surface area contributed by atoms with Crippen LogP contribution in [0.25, 0.3) is 16.2 Å². The zero-order chi connectivity index (χ0) is 18.8. The molecule has 2 aromatic heterocycles. The topological polar surface area (TPSA) is 55.6 Å². The molecular weight excluding hydrogens is 358 g/mol. The van der Waals surface area contributed by atoms with Gasteiger partial charge in [-0.1, -0.05) is 24.3 Å². The molecule has 4 rings (SSSR count). The first kappa shape index (κ1) is 17.3. The lowest BCUT2D eigenvalue weighted by molar-refractivity contribution is -0.118. The summed E-state index contributed by atoms with van der Waals surface area (Å²) in [4.78, 5) is 17.9. The smallest absolute Gasteiger partial charge is 0.262 e. The van der Waals surface area contributed by atoms with Crippen molar-refractivity contribution in [1.82, 2.24) is 9.38 Å². The summed E-state index contributed by atoms with van der Waals surface area (Å²) in [6.45, 7) is 3.97. The van der Waals surface area contributed by atoms with E-state index >= 15 is 0 Å². The molecule has 0 radical (unpaired) electrons. The van der Waals surface area contributed by atoms with Gasteiger partial charge in [-0.15, -0.1) is 11.3 Å². The summed E-state index contributed by atoms with van der Waals surface area (Å²) in [6.07, 6.45) is 3.93. The van der Waals surface area contributed by atoms with Crippen LogP contribution in [0.1, 0.15) is 11.1 Å². The molecule has 0 bridgehead atoms. The number of ether oxygens (including phenoxy) is 1. The monoisotopic (exact) mass is 377 g/mol. The van der Waals surface area contributed by atoms with Gasteiger partial charge in [0.1, 0.15) is 5.75 Å². The third kappa shape index (κ3) is 3.85. The molecule has 5 nitrogen and oxygen atoms in total. The lowest BCUT2D eigenvalue weighted by atomic mass is 10.1. The fourth-order valence-electron chi connectivity index (χ4n) is 3.02. The van der Waals surface area contributed by atoms with Crippen LogP contribution < -0.4 is 10.1 Å². The summed E-state index contributed by atoms with van der Waals surface area (Å²) in [5.41, 5.74) is 4.64. The zero-order valence-corrected chi connectivity index (χ0v) is 15.9. The molecule has 0 saturated carbocycles. The van der Waals surface area contributed by atoms with Crippen molar-refractivity contribution in [2.45, 2.75) is 13.8 Å². The number of anilines is 1.